The van der Waals surface area contributed by atoms with Gasteiger partial charge in [0.1, 0.15) is 5.60 Å². The van der Waals surface area contributed by atoms with Crippen molar-refractivity contribution in [3.8, 4) is 11.5 Å². The Labute approximate surface area is 170 Å². The van der Waals surface area contributed by atoms with Gasteiger partial charge >= 0.3 is 6.09 Å². The molecule has 1 amide bonds. The average Bonchev–Trinajstić information content (AvgIpc) is 2.94. The van der Waals surface area contributed by atoms with Crippen LogP contribution in [0.25, 0.3) is 0 Å². The minimum absolute atomic E-state index is 0.285. The smallest absolute Gasteiger partial charge is 0.409 e. The maximum absolute atomic E-state index is 11.1. The Hall–Kier alpha value is -3.02. The van der Waals surface area contributed by atoms with Crippen LogP contribution in [0.4, 0.5) is 10.5 Å². The van der Waals surface area contributed by atoms with E-state index < -0.39 is 6.09 Å². The van der Waals surface area contributed by atoms with E-state index in [1.807, 2.05) is 18.2 Å². The number of hydrogen-bond donors (Lipinski definition) is 2. The first kappa shape index (κ1) is 19.3. The number of nitrogens with one attached hydrogen (secondary N) is 1. The molecule has 0 atom stereocenters. The zero-order chi connectivity index (χ0) is 21.0. The normalized spacial score (nSPS) is 18.2. The number of anilines is 1. The number of fused-ring (bicyclic) bond motifs is 3. The molecule has 4 rings (SSSR count). The lowest BCUT2D eigenvalue weighted by Gasteiger charge is -2.31. The van der Waals surface area contributed by atoms with E-state index >= 15 is 0 Å². The molecule has 2 aromatic carbocycles. The number of hydrogen-bond acceptors (Lipinski definition) is 4. The summed E-state index contributed by atoms with van der Waals surface area (Å²) in [5.74, 6) is 1.53. The first-order valence-corrected chi connectivity index (χ1v) is 9.71. The maximum atomic E-state index is 11.1. The fraction of sp³-hybridized carbons (Fsp3) is 0.391. The summed E-state index contributed by atoms with van der Waals surface area (Å²) in [6, 6.07) is 9.43. The number of nitrogens with zero attached hydrogens (tertiary/aromatic N) is 1. The van der Waals surface area contributed by atoms with Crippen molar-refractivity contribution in [2.24, 2.45) is 4.99 Å². The van der Waals surface area contributed by atoms with Crippen LogP contribution >= 0.6 is 0 Å². The minimum Gasteiger partial charge on any atom is -0.493 e. The second kappa shape index (κ2) is 6.51. The molecule has 0 unspecified atom stereocenters. The highest BCUT2D eigenvalue weighted by atomic mass is 16.5. The quantitative estimate of drug-likeness (QED) is 0.793. The highest BCUT2D eigenvalue weighted by molar-refractivity contribution is 6.16. The first-order chi connectivity index (χ1) is 13.6. The highest BCUT2D eigenvalue weighted by Gasteiger charge is 2.39. The van der Waals surface area contributed by atoms with Crippen LogP contribution in [-0.4, -0.2) is 35.2 Å². The van der Waals surface area contributed by atoms with Gasteiger partial charge in [0, 0.05) is 28.8 Å². The largest absolute Gasteiger partial charge is 0.493 e. The van der Waals surface area contributed by atoms with Crippen molar-refractivity contribution >= 4 is 17.5 Å². The van der Waals surface area contributed by atoms with E-state index in [9.17, 15) is 4.79 Å². The Morgan fingerprint density at radius 2 is 1.97 bits per heavy atom. The van der Waals surface area contributed by atoms with Crippen LogP contribution < -0.4 is 14.8 Å². The Morgan fingerprint density at radius 1 is 1.21 bits per heavy atom. The van der Waals surface area contributed by atoms with Crippen LogP contribution in [0.15, 0.2) is 35.3 Å². The number of methoxy groups -OCH3 is 1. The summed E-state index contributed by atoms with van der Waals surface area (Å²) in [6.45, 7) is 8.35. The third-order valence-corrected chi connectivity index (χ3v) is 5.29. The number of benzene rings is 2. The van der Waals surface area contributed by atoms with Gasteiger partial charge in [-0.2, -0.15) is 0 Å². The molecular weight excluding hydrogens is 368 g/mol. The van der Waals surface area contributed by atoms with Crippen molar-refractivity contribution in [1.29, 1.82) is 0 Å². The van der Waals surface area contributed by atoms with E-state index in [1.165, 1.54) is 5.56 Å². The summed E-state index contributed by atoms with van der Waals surface area (Å²) in [6.07, 6.45) is 0.464. The lowest BCUT2D eigenvalue weighted by Crippen LogP contribution is -2.30. The second-order valence-corrected chi connectivity index (χ2v) is 8.92. The summed E-state index contributed by atoms with van der Waals surface area (Å²) in [5.41, 5.74) is 5.02. The van der Waals surface area contributed by atoms with Gasteiger partial charge in [-0.05, 0) is 57.9 Å². The fourth-order valence-electron chi connectivity index (χ4n) is 4.30. The SMILES string of the molecule is COc1cc2c(c3c1OC(C)(C)C3)C(c1cccc(NC(=O)O)c1)=NC(C)(C)C2. The monoisotopic (exact) mass is 394 g/mol. The molecule has 0 aliphatic carbocycles. The maximum Gasteiger partial charge on any atom is 0.409 e. The standard InChI is InChI=1S/C23H26N2O4/c1-22(2)11-14-10-17(28-5)20-16(12-23(3,4)29-20)18(14)19(25-22)13-7-6-8-15(9-13)24-21(26)27/h6-10,24H,11-12H2,1-5H3,(H,26,27). The van der Waals surface area contributed by atoms with Gasteiger partial charge in [0.25, 0.3) is 0 Å². The van der Waals surface area contributed by atoms with E-state index in [1.54, 1.807) is 13.2 Å². The number of ether oxygens (including phenoxy) is 2. The molecule has 0 fully saturated rings. The summed E-state index contributed by atoms with van der Waals surface area (Å²) < 4.78 is 11.9. The van der Waals surface area contributed by atoms with E-state index in [4.69, 9.17) is 19.6 Å². The number of rotatable bonds is 3. The molecular formula is C23H26N2O4. The highest BCUT2D eigenvalue weighted by Crippen LogP contribution is 2.47. The minimum atomic E-state index is -1.09. The van der Waals surface area contributed by atoms with E-state index in [-0.39, 0.29) is 11.1 Å². The summed E-state index contributed by atoms with van der Waals surface area (Å²) in [5, 5.41) is 11.5. The Kier molecular flexibility index (Phi) is 4.33. The van der Waals surface area contributed by atoms with Crippen LogP contribution in [0, 0.1) is 0 Å². The molecule has 2 heterocycles. The molecule has 2 aliphatic rings. The number of carbonyl (C=O) groups is 1. The molecule has 6 nitrogen and oxygen atoms in total. The van der Waals surface area contributed by atoms with Crippen molar-refractivity contribution in [2.75, 3.05) is 12.4 Å². The van der Waals surface area contributed by atoms with E-state index in [0.29, 0.717) is 5.69 Å². The predicted octanol–water partition coefficient (Wildman–Crippen LogP) is 4.67. The molecule has 2 aromatic rings. The van der Waals surface area contributed by atoms with Crippen LogP contribution in [0.1, 0.15) is 49.9 Å². The lowest BCUT2D eigenvalue weighted by molar-refractivity contribution is 0.134. The van der Waals surface area contributed by atoms with Gasteiger partial charge in [0.2, 0.25) is 0 Å². The van der Waals surface area contributed by atoms with Crippen molar-refractivity contribution < 1.29 is 19.4 Å². The van der Waals surface area contributed by atoms with Gasteiger partial charge in [-0.15, -0.1) is 0 Å². The average molecular weight is 394 g/mol. The van der Waals surface area contributed by atoms with Gasteiger partial charge in [-0.1, -0.05) is 12.1 Å². The molecule has 0 radical (unpaired) electrons. The molecule has 152 valence electrons. The topological polar surface area (TPSA) is 80.2 Å². The molecule has 0 bridgehead atoms. The lowest BCUT2D eigenvalue weighted by atomic mass is 9.81. The van der Waals surface area contributed by atoms with Crippen molar-refractivity contribution in [3.05, 3.63) is 52.6 Å². The Balaban J connectivity index is 1.93. The number of amides is 1. The van der Waals surface area contributed by atoms with Crippen LogP contribution in [0.2, 0.25) is 0 Å². The third-order valence-electron chi connectivity index (χ3n) is 5.29. The zero-order valence-corrected chi connectivity index (χ0v) is 17.4. The molecule has 0 aromatic heterocycles. The van der Waals surface area contributed by atoms with Crippen LogP contribution in [0.3, 0.4) is 0 Å². The third kappa shape index (κ3) is 3.55. The summed E-state index contributed by atoms with van der Waals surface area (Å²) in [7, 11) is 1.67. The molecule has 0 saturated carbocycles. The van der Waals surface area contributed by atoms with Crippen molar-refractivity contribution in [1.82, 2.24) is 0 Å². The van der Waals surface area contributed by atoms with Crippen LogP contribution in [0.5, 0.6) is 11.5 Å². The number of carboxylic acid groups (broad SMARTS) is 1. The molecule has 2 aliphatic heterocycles. The molecule has 0 saturated heterocycles. The predicted molar refractivity (Wildman–Crippen MR) is 113 cm³/mol. The molecule has 6 heteroatoms. The van der Waals surface area contributed by atoms with Gasteiger partial charge < -0.3 is 14.6 Å². The Bertz CT molecular complexity index is 1040. The van der Waals surface area contributed by atoms with Gasteiger partial charge in [0.15, 0.2) is 11.5 Å². The fourth-order valence-corrected chi connectivity index (χ4v) is 4.30. The van der Waals surface area contributed by atoms with E-state index in [2.05, 4.69) is 39.1 Å². The first-order valence-electron chi connectivity index (χ1n) is 9.71. The Morgan fingerprint density at radius 3 is 2.66 bits per heavy atom. The van der Waals surface area contributed by atoms with Gasteiger partial charge in [-0.3, -0.25) is 10.3 Å². The molecule has 2 N–H and O–H groups in total. The second-order valence-electron chi connectivity index (χ2n) is 8.92. The molecule has 29 heavy (non-hydrogen) atoms. The van der Waals surface area contributed by atoms with Gasteiger partial charge in [-0.25, -0.2) is 4.79 Å². The van der Waals surface area contributed by atoms with E-state index in [0.717, 1.165) is 46.7 Å². The summed E-state index contributed by atoms with van der Waals surface area (Å²) >= 11 is 0. The number of aliphatic imine (C=N–C) groups is 1. The van der Waals surface area contributed by atoms with Crippen molar-refractivity contribution in [3.63, 3.8) is 0 Å². The summed E-state index contributed by atoms with van der Waals surface area (Å²) in [4.78, 5) is 16.2. The van der Waals surface area contributed by atoms with Gasteiger partial charge in [0.05, 0.1) is 18.4 Å². The van der Waals surface area contributed by atoms with Crippen LogP contribution in [-0.2, 0) is 12.8 Å². The molecule has 0 spiro atoms. The zero-order valence-electron chi connectivity index (χ0n) is 17.4. The van der Waals surface area contributed by atoms with Crippen molar-refractivity contribution in [2.45, 2.75) is 51.7 Å².